The molecule has 1 aromatic carbocycles. The third kappa shape index (κ3) is 1.79. The summed E-state index contributed by atoms with van der Waals surface area (Å²) in [6.45, 7) is 2.25. The van der Waals surface area contributed by atoms with E-state index in [1.807, 2.05) is 30.0 Å². The minimum absolute atomic E-state index is 0.0463. The average molecular weight is 265 g/mol. The fourth-order valence-corrected chi connectivity index (χ4v) is 4.33. The Bertz CT molecular complexity index is 465. The van der Waals surface area contributed by atoms with Crippen LogP contribution in [-0.2, 0) is 0 Å². The molecule has 98 valence electrons. The van der Waals surface area contributed by atoms with Gasteiger partial charge in [0.2, 0.25) is 0 Å². The van der Waals surface area contributed by atoms with Crippen molar-refractivity contribution >= 4 is 11.8 Å². The maximum absolute atomic E-state index is 6.34. The maximum Gasteiger partial charge on any atom is 0.125 e. The van der Waals surface area contributed by atoms with Crippen LogP contribution < -0.4 is 15.2 Å². The van der Waals surface area contributed by atoms with Crippen molar-refractivity contribution in [1.82, 2.24) is 0 Å². The lowest BCUT2D eigenvalue weighted by molar-refractivity contribution is 0.0409. The molecule has 1 spiro atoms. The number of rotatable bonds is 1. The number of hydrogen-bond donors (Lipinski definition) is 1. The van der Waals surface area contributed by atoms with Gasteiger partial charge in [-0.15, -0.1) is 0 Å². The zero-order chi connectivity index (χ0) is 12.8. The second-order valence-electron chi connectivity index (χ2n) is 5.14. The summed E-state index contributed by atoms with van der Waals surface area (Å²) in [7, 11) is 1.67. The quantitative estimate of drug-likeness (QED) is 0.848. The lowest BCUT2D eigenvalue weighted by Crippen LogP contribution is -2.47. The molecule has 0 amide bonds. The number of hydrogen-bond acceptors (Lipinski definition) is 4. The largest absolute Gasteiger partial charge is 0.497 e. The summed E-state index contributed by atoms with van der Waals surface area (Å²) >= 11 is 1.98. The Morgan fingerprint density at radius 1 is 1.50 bits per heavy atom. The van der Waals surface area contributed by atoms with E-state index in [9.17, 15) is 0 Å². The van der Waals surface area contributed by atoms with E-state index >= 15 is 0 Å². The average Bonchev–Trinajstić information content (AvgIpc) is 2.70. The van der Waals surface area contributed by atoms with Gasteiger partial charge in [0, 0.05) is 23.3 Å². The molecule has 3 rings (SSSR count). The van der Waals surface area contributed by atoms with Gasteiger partial charge in [-0.2, -0.15) is 11.8 Å². The van der Waals surface area contributed by atoms with Gasteiger partial charge in [0.05, 0.1) is 7.11 Å². The van der Waals surface area contributed by atoms with Gasteiger partial charge in [-0.05, 0) is 37.3 Å². The van der Waals surface area contributed by atoms with Crippen LogP contribution in [0.3, 0.4) is 0 Å². The number of methoxy groups -OCH3 is 1. The van der Waals surface area contributed by atoms with Crippen molar-refractivity contribution in [3.05, 3.63) is 23.8 Å². The molecule has 2 unspecified atom stereocenters. The van der Waals surface area contributed by atoms with Gasteiger partial charge in [-0.25, -0.2) is 0 Å². The molecular weight excluding hydrogens is 246 g/mol. The minimum atomic E-state index is -0.0638. The molecule has 0 bridgehead atoms. The molecular formula is C14H19NO2S. The van der Waals surface area contributed by atoms with E-state index < -0.39 is 0 Å². The Morgan fingerprint density at radius 2 is 2.33 bits per heavy atom. The standard InChI is InChI=1S/C14H19NO2S/c1-9-14(5-6-18-9)8-12(15)11-7-10(16-2)3-4-13(11)17-14/h3-4,7,9,12H,5-6,8,15H2,1-2H3/t9?,12-,14?/m0/s1. The van der Waals surface area contributed by atoms with Crippen LogP contribution in [0, 0.1) is 0 Å². The second kappa shape index (κ2) is 4.35. The van der Waals surface area contributed by atoms with Gasteiger partial charge in [0.15, 0.2) is 0 Å². The lowest BCUT2D eigenvalue weighted by atomic mass is 9.84. The van der Waals surface area contributed by atoms with E-state index in [4.69, 9.17) is 15.2 Å². The molecule has 0 radical (unpaired) electrons. The van der Waals surface area contributed by atoms with E-state index in [0.717, 1.165) is 29.9 Å². The molecule has 4 heteroatoms. The highest BCUT2D eigenvalue weighted by molar-refractivity contribution is 8.00. The van der Waals surface area contributed by atoms with Gasteiger partial charge in [0.1, 0.15) is 17.1 Å². The van der Waals surface area contributed by atoms with Crippen molar-refractivity contribution in [1.29, 1.82) is 0 Å². The summed E-state index contributed by atoms with van der Waals surface area (Å²) in [5, 5.41) is 0.513. The predicted molar refractivity (Wildman–Crippen MR) is 74.4 cm³/mol. The fourth-order valence-electron chi connectivity index (χ4n) is 2.94. The summed E-state index contributed by atoms with van der Waals surface area (Å²) in [5.41, 5.74) is 7.35. The van der Waals surface area contributed by atoms with Crippen LogP contribution in [0.1, 0.15) is 31.4 Å². The van der Waals surface area contributed by atoms with Gasteiger partial charge in [0.25, 0.3) is 0 Å². The Labute approximate surface area is 112 Å². The van der Waals surface area contributed by atoms with Gasteiger partial charge in [-0.1, -0.05) is 0 Å². The molecule has 18 heavy (non-hydrogen) atoms. The molecule has 1 saturated heterocycles. The molecule has 3 atom stereocenters. The number of benzene rings is 1. The normalized spacial score (nSPS) is 34.2. The fraction of sp³-hybridized carbons (Fsp3) is 0.571. The molecule has 3 nitrogen and oxygen atoms in total. The highest BCUT2D eigenvalue weighted by Gasteiger charge is 2.47. The third-order valence-electron chi connectivity index (χ3n) is 4.13. The first-order chi connectivity index (χ1) is 8.64. The highest BCUT2D eigenvalue weighted by Crippen LogP contribution is 2.49. The molecule has 1 fully saturated rings. The molecule has 2 N–H and O–H groups in total. The van der Waals surface area contributed by atoms with Crippen molar-refractivity contribution in [2.75, 3.05) is 12.9 Å². The van der Waals surface area contributed by atoms with E-state index in [1.54, 1.807) is 7.11 Å². The topological polar surface area (TPSA) is 44.5 Å². The highest BCUT2D eigenvalue weighted by atomic mass is 32.2. The van der Waals surface area contributed by atoms with Crippen LogP contribution in [0.5, 0.6) is 11.5 Å². The minimum Gasteiger partial charge on any atom is -0.497 e. The molecule has 0 aliphatic carbocycles. The molecule has 2 aliphatic heterocycles. The van der Waals surface area contributed by atoms with Gasteiger partial charge in [-0.3, -0.25) is 0 Å². The van der Waals surface area contributed by atoms with Crippen molar-refractivity contribution in [2.24, 2.45) is 5.73 Å². The van der Waals surface area contributed by atoms with E-state index in [-0.39, 0.29) is 11.6 Å². The van der Waals surface area contributed by atoms with Crippen LogP contribution in [0.4, 0.5) is 0 Å². The van der Waals surface area contributed by atoms with Crippen LogP contribution in [0.25, 0.3) is 0 Å². The summed E-state index contributed by atoms with van der Waals surface area (Å²) in [4.78, 5) is 0. The maximum atomic E-state index is 6.34. The van der Waals surface area contributed by atoms with Crippen molar-refractivity contribution in [3.63, 3.8) is 0 Å². The monoisotopic (exact) mass is 265 g/mol. The molecule has 0 saturated carbocycles. The van der Waals surface area contributed by atoms with Crippen molar-refractivity contribution in [3.8, 4) is 11.5 Å². The Hall–Kier alpha value is -0.870. The Morgan fingerprint density at radius 3 is 3.00 bits per heavy atom. The van der Waals surface area contributed by atoms with Crippen LogP contribution >= 0.6 is 11.8 Å². The van der Waals surface area contributed by atoms with Crippen molar-refractivity contribution in [2.45, 2.75) is 36.7 Å². The zero-order valence-corrected chi connectivity index (χ0v) is 11.6. The first-order valence-corrected chi connectivity index (χ1v) is 7.44. The number of ether oxygens (including phenoxy) is 2. The second-order valence-corrected chi connectivity index (χ2v) is 6.59. The first-order valence-electron chi connectivity index (χ1n) is 6.39. The molecule has 0 aromatic heterocycles. The van der Waals surface area contributed by atoms with Crippen LogP contribution in [-0.4, -0.2) is 23.7 Å². The summed E-state index contributed by atoms with van der Waals surface area (Å²) in [6.07, 6.45) is 2.00. The number of fused-ring (bicyclic) bond motifs is 1. The predicted octanol–water partition coefficient (Wildman–Crippen LogP) is 2.74. The first kappa shape index (κ1) is 12.2. The van der Waals surface area contributed by atoms with Crippen LogP contribution in [0.2, 0.25) is 0 Å². The third-order valence-corrected chi connectivity index (χ3v) is 5.50. The Kier molecular flexibility index (Phi) is 2.94. The van der Waals surface area contributed by atoms with E-state index in [2.05, 4.69) is 6.92 Å². The van der Waals surface area contributed by atoms with Gasteiger partial charge >= 0.3 is 0 Å². The smallest absolute Gasteiger partial charge is 0.125 e. The lowest BCUT2D eigenvalue weighted by Gasteiger charge is -2.41. The van der Waals surface area contributed by atoms with Gasteiger partial charge < -0.3 is 15.2 Å². The SMILES string of the molecule is COc1ccc2c(c1)[C@@H](N)CC1(CCSC1C)O2. The Balaban J connectivity index is 1.98. The summed E-state index contributed by atoms with van der Waals surface area (Å²) in [6, 6.07) is 5.98. The number of thioether (sulfide) groups is 1. The van der Waals surface area contributed by atoms with E-state index in [1.165, 1.54) is 5.75 Å². The number of nitrogens with two attached hydrogens (primary N) is 1. The van der Waals surface area contributed by atoms with Crippen LogP contribution in [0.15, 0.2) is 18.2 Å². The summed E-state index contributed by atoms with van der Waals surface area (Å²) < 4.78 is 11.6. The zero-order valence-electron chi connectivity index (χ0n) is 10.8. The molecule has 2 aliphatic rings. The van der Waals surface area contributed by atoms with Crippen molar-refractivity contribution < 1.29 is 9.47 Å². The molecule has 1 aromatic rings. The summed E-state index contributed by atoms with van der Waals surface area (Å²) in [5.74, 6) is 2.95. The molecule has 2 heterocycles. The van der Waals surface area contributed by atoms with E-state index in [0.29, 0.717) is 5.25 Å².